The number of carbonyl (C=O) groups excluding carboxylic acids is 2. The van der Waals surface area contributed by atoms with Gasteiger partial charge in [-0.2, -0.15) is 13.2 Å². The van der Waals surface area contributed by atoms with E-state index in [1.807, 2.05) is 0 Å². The number of rotatable bonds is 3. The van der Waals surface area contributed by atoms with Crippen LogP contribution in [0.15, 0.2) is 42.5 Å². The molecule has 0 spiro atoms. The summed E-state index contributed by atoms with van der Waals surface area (Å²) >= 11 is 5.88. The summed E-state index contributed by atoms with van der Waals surface area (Å²) in [5.74, 6) is -0.566. The normalized spacial score (nSPS) is 14.6. The first-order valence-corrected chi connectivity index (χ1v) is 8.22. The molecule has 2 amide bonds. The van der Waals surface area contributed by atoms with Crippen LogP contribution in [-0.4, -0.2) is 18.4 Å². The molecule has 0 saturated carbocycles. The predicted octanol–water partition coefficient (Wildman–Crippen LogP) is 4.74. The third kappa shape index (κ3) is 3.83. The molecule has 0 atom stereocenters. The van der Waals surface area contributed by atoms with Gasteiger partial charge in [0.1, 0.15) is 0 Å². The number of halogens is 4. The zero-order chi connectivity index (χ0) is 18.9. The van der Waals surface area contributed by atoms with Crippen molar-refractivity contribution >= 4 is 34.8 Å². The van der Waals surface area contributed by atoms with Gasteiger partial charge in [-0.05, 0) is 48.9 Å². The van der Waals surface area contributed by atoms with Crippen LogP contribution in [0.2, 0.25) is 5.02 Å². The van der Waals surface area contributed by atoms with E-state index in [2.05, 4.69) is 5.32 Å². The van der Waals surface area contributed by atoms with Crippen LogP contribution in [-0.2, 0) is 11.0 Å². The van der Waals surface area contributed by atoms with E-state index in [0.29, 0.717) is 18.7 Å². The summed E-state index contributed by atoms with van der Waals surface area (Å²) in [6.07, 6.45) is -3.25. The number of carbonyl (C=O) groups is 2. The van der Waals surface area contributed by atoms with E-state index in [0.717, 1.165) is 24.6 Å². The molecule has 1 aliphatic rings. The van der Waals surface area contributed by atoms with Gasteiger partial charge in [0.05, 0.1) is 16.3 Å². The smallest absolute Gasteiger partial charge is 0.321 e. The molecule has 0 aromatic heterocycles. The Labute approximate surface area is 152 Å². The molecule has 1 heterocycles. The topological polar surface area (TPSA) is 49.4 Å². The van der Waals surface area contributed by atoms with Gasteiger partial charge in [-0.25, -0.2) is 0 Å². The molecular weight excluding hydrogens is 369 g/mol. The van der Waals surface area contributed by atoms with Crippen molar-refractivity contribution in [1.82, 2.24) is 0 Å². The summed E-state index contributed by atoms with van der Waals surface area (Å²) in [5, 5.41) is 2.39. The zero-order valence-electron chi connectivity index (χ0n) is 13.4. The van der Waals surface area contributed by atoms with Crippen LogP contribution in [0.4, 0.5) is 24.5 Å². The van der Waals surface area contributed by atoms with Crippen LogP contribution in [0, 0.1) is 0 Å². The summed E-state index contributed by atoms with van der Waals surface area (Å²) in [4.78, 5) is 25.6. The Bertz CT molecular complexity index is 851. The van der Waals surface area contributed by atoms with Gasteiger partial charge < -0.3 is 10.2 Å². The zero-order valence-corrected chi connectivity index (χ0v) is 14.2. The molecule has 26 heavy (non-hydrogen) atoms. The summed E-state index contributed by atoms with van der Waals surface area (Å²) < 4.78 is 38.4. The van der Waals surface area contributed by atoms with Gasteiger partial charge in [0.25, 0.3) is 5.91 Å². The van der Waals surface area contributed by atoms with Crippen LogP contribution < -0.4 is 10.2 Å². The number of alkyl halides is 3. The lowest BCUT2D eigenvalue weighted by Crippen LogP contribution is -2.23. The second-order valence-electron chi connectivity index (χ2n) is 5.84. The third-order valence-corrected chi connectivity index (χ3v) is 4.39. The summed E-state index contributed by atoms with van der Waals surface area (Å²) in [5.41, 5.74) is -0.0968. The second kappa shape index (κ2) is 6.99. The summed E-state index contributed by atoms with van der Waals surface area (Å²) in [6.45, 7) is 0.629. The standard InChI is InChI=1S/C18H14ClF3N2O2/c19-14-8-5-12(18(20,21)22)10-15(14)23-17(26)11-3-6-13(7-4-11)24-9-1-2-16(24)25/h3-8,10H,1-2,9H2,(H,23,26). The van der Waals surface area contributed by atoms with Crippen LogP contribution in [0.3, 0.4) is 0 Å². The molecule has 2 aromatic carbocycles. The summed E-state index contributed by atoms with van der Waals surface area (Å²) in [7, 11) is 0. The fraction of sp³-hybridized carbons (Fsp3) is 0.222. The second-order valence-corrected chi connectivity index (χ2v) is 6.25. The molecule has 1 saturated heterocycles. The molecule has 0 unspecified atom stereocenters. The van der Waals surface area contributed by atoms with Crippen molar-refractivity contribution in [2.45, 2.75) is 19.0 Å². The molecule has 8 heteroatoms. The molecule has 0 bridgehead atoms. The van der Waals surface area contributed by atoms with Gasteiger partial charge in [0.2, 0.25) is 5.91 Å². The van der Waals surface area contributed by atoms with Crippen molar-refractivity contribution in [1.29, 1.82) is 0 Å². The van der Waals surface area contributed by atoms with Crippen LogP contribution >= 0.6 is 11.6 Å². The highest BCUT2D eigenvalue weighted by atomic mass is 35.5. The highest BCUT2D eigenvalue weighted by Gasteiger charge is 2.31. The number of benzene rings is 2. The Hall–Kier alpha value is -2.54. The number of hydrogen-bond acceptors (Lipinski definition) is 2. The lowest BCUT2D eigenvalue weighted by atomic mass is 10.1. The van der Waals surface area contributed by atoms with E-state index in [4.69, 9.17) is 11.6 Å². The van der Waals surface area contributed by atoms with E-state index < -0.39 is 17.6 Å². The van der Waals surface area contributed by atoms with Gasteiger partial charge in [-0.1, -0.05) is 11.6 Å². The Morgan fingerprint density at radius 2 is 1.81 bits per heavy atom. The largest absolute Gasteiger partial charge is 0.416 e. The van der Waals surface area contributed by atoms with Crippen molar-refractivity contribution in [3.63, 3.8) is 0 Å². The lowest BCUT2D eigenvalue weighted by Gasteiger charge is -2.16. The van der Waals surface area contributed by atoms with E-state index in [-0.39, 0.29) is 22.2 Å². The minimum absolute atomic E-state index is 0.00522. The molecule has 3 rings (SSSR count). The van der Waals surface area contributed by atoms with Gasteiger partial charge in [0.15, 0.2) is 0 Å². The quantitative estimate of drug-likeness (QED) is 0.833. The molecule has 2 aromatic rings. The van der Waals surface area contributed by atoms with Crippen molar-refractivity contribution in [2.24, 2.45) is 0 Å². The monoisotopic (exact) mass is 382 g/mol. The maximum atomic E-state index is 12.8. The number of nitrogens with zero attached hydrogens (tertiary/aromatic N) is 1. The minimum Gasteiger partial charge on any atom is -0.321 e. The van der Waals surface area contributed by atoms with Crippen molar-refractivity contribution < 1.29 is 22.8 Å². The maximum Gasteiger partial charge on any atom is 0.416 e. The SMILES string of the molecule is O=C(Nc1cc(C(F)(F)F)ccc1Cl)c1ccc(N2CCCC2=O)cc1. The van der Waals surface area contributed by atoms with E-state index in [9.17, 15) is 22.8 Å². The Kier molecular flexibility index (Phi) is 4.91. The summed E-state index contributed by atoms with van der Waals surface area (Å²) in [6, 6.07) is 9.01. The highest BCUT2D eigenvalue weighted by molar-refractivity contribution is 6.34. The van der Waals surface area contributed by atoms with Crippen molar-refractivity contribution in [3.8, 4) is 0 Å². The fourth-order valence-corrected chi connectivity index (χ4v) is 2.87. The molecule has 0 aliphatic carbocycles. The molecule has 4 nitrogen and oxygen atoms in total. The fourth-order valence-electron chi connectivity index (χ4n) is 2.71. The van der Waals surface area contributed by atoms with E-state index in [1.165, 1.54) is 12.1 Å². The third-order valence-electron chi connectivity index (χ3n) is 4.06. The number of anilines is 2. The minimum atomic E-state index is -4.53. The predicted molar refractivity (Wildman–Crippen MR) is 92.4 cm³/mol. The first-order chi connectivity index (χ1) is 12.3. The first kappa shape index (κ1) is 18.3. The van der Waals surface area contributed by atoms with Crippen LogP contribution in [0.1, 0.15) is 28.8 Å². The molecule has 1 N–H and O–H groups in total. The Balaban J connectivity index is 1.77. The van der Waals surface area contributed by atoms with E-state index in [1.54, 1.807) is 17.0 Å². The van der Waals surface area contributed by atoms with Gasteiger partial charge in [-0.15, -0.1) is 0 Å². The highest BCUT2D eigenvalue weighted by Crippen LogP contribution is 2.34. The average Bonchev–Trinajstić information content (AvgIpc) is 3.02. The number of nitrogens with one attached hydrogen (secondary N) is 1. The number of amides is 2. The number of hydrogen-bond donors (Lipinski definition) is 1. The lowest BCUT2D eigenvalue weighted by molar-refractivity contribution is -0.137. The Morgan fingerprint density at radius 3 is 2.38 bits per heavy atom. The molecular formula is C18H14ClF3N2O2. The molecule has 1 aliphatic heterocycles. The molecule has 0 radical (unpaired) electrons. The van der Waals surface area contributed by atoms with E-state index >= 15 is 0 Å². The van der Waals surface area contributed by atoms with Gasteiger partial charge >= 0.3 is 6.18 Å². The van der Waals surface area contributed by atoms with Crippen molar-refractivity contribution in [3.05, 3.63) is 58.6 Å². The Morgan fingerprint density at radius 1 is 1.12 bits per heavy atom. The molecule has 136 valence electrons. The van der Waals surface area contributed by atoms with Gasteiger partial charge in [-0.3, -0.25) is 9.59 Å². The van der Waals surface area contributed by atoms with Crippen LogP contribution in [0.25, 0.3) is 0 Å². The first-order valence-electron chi connectivity index (χ1n) is 7.84. The average molecular weight is 383 g/mol. The van der Waals surface area contributed by atoms with Crippen molar-refractivity contribution in [2.75, 3.05) is 16.8 Å². The van der Waals surface area contributed by atoms with Crippen LogP contribution in [0.5, 0.6) is 0 Å². The van der Waals surface area contributed by atoms with Gasteiger partial charge in [0, 0.05) is 24.2 Å². The maximum absolute atomic E-state index is 12.8. The molecule has 1 fully saturated rings.